The first-order valence-electron chi connectivity index (χ1n) is 5.78. The third kappa shape index (κ3) is 1.61. The number of alkyl halides is 1. The van der Waals surface area contributed by atoms with Gasteiger partial charge in [0, 0.05) is 29.7 Å². The molecule has 1 aliphatic heterocycles. The number of hydrogen-bond acceptors (Lipinski definition) is 1. The van der Waals surface area contributed by atoms with E-state index >= 15 is 0 Å². The maximum atomic E-state index is 13.0. The second-order valence-electron chi connectivity index (χ2n) is 4.43. The lowest BCUT2D eigenvalue weighted by atomic mass is 9.96. The first-order valence-corrected chi connectivity index (χ1v) is 5.78. The van der Waals surface area contributed by atoms with Gasteiger partial charge < -0.3 is 10.3 Å². The summed E-state index contributed by atoms with van der Waals surface area (Å²) in [6, 6.07) is 8.54. The molecule has 1 aromatic carbocycles. The van der Waals surface area contributed by atoms with Gasteiger partial charge in [0.25, 0.3) is 0 Å². The summed E-state index contributed by atoms with van der Waals surface area (Å²) in [5.74, 6) is 0. The van der Waals surface area contributed by atoms with E-state index in [9.17, 15) is 4.39 Å². The van der Waals surface area contributed by atoms with Gasteiger partial charge in [-0.2, -0.15) is 0 Å². The topological polar surface area (TPSA) is 27.8 Å². The number of rotatable bonds is 1. The van der Waals surface area contributed by atoms with Crippen LogP contribution in [0.15, 0.2) is 30.5 Å². The van der Waals surface area contributed by atoms with Crippen molar-refractivity contribution in [2.75, 3.05) is 6.54 Å². The number of halogens is 1. The summed E-state index contributed by atoms with van der Waals surface area (Å²) in [6.45, 7) is 0.476. The Hall–Kier alpha value is -1.35. The quantitative estimate of drug-likeness (QED) is 0.756. The highest BCUT2D eigenvalue weighted by atomic mass is 19.1. The van der Waals surface area contributed by atoms with Crippen LogP contribution in [0, 0.1) is 0 Å². The van der Waals surface area contributed by atoms with Gasteiger partial charge in [-0.25, -0.2) is 4.39 Å². The molecule has 0 radical (unpaired) electrons. The van der Waals surface area contributed by atoms with Gasteiger partial charge in [0.2, 0.25) is 0 Å². The molecule has 0 amide bonds. The number of fused-ring (bicyclic) bond motifs is 1. The highest BCUT2D eigenvalue weighted by molar-refractivity contribution is 5.83. The zero-order valence-electron chi connectivity index (χ0n) is 9.04. The van der Waals surface area contributed by atoms with Gasteiger partial charge in [0.1, 0.15) is 6.17 Å². The molecule has 2 unspecified atom stereocenters. The van der Waals surface area contributed by atoms with Gasteiger partial charge in [-0.15, -0.1) is 0 Å². The van der Waals surface area contributed by atoms with Crippen molar-refractivity contribution in [2.45, 2.75) is 25.1 Å². The minimum Gasteiger partial charge on any atom is -0.361 e. The lowest BCUT2D eigenvalue weighted by Gasteiger charge is -2.25. The monoisotopic (exact) mass is 218 g/mol. The second kappa shape index (κ2) is 3.91. The van der Waals surface area contributed by atoms with Crippen LogP contribution in [-0.2, 0) is 0 Å². The summed E-state index contributed by atoms with van der Waals surface area (Å²) in [4.78, 5) is 3.26. The molecule has 0 bridgehead atoms. The molecule has 2 aromatic rings. The summed E-state index contributed by atoms with van der Waals surface area (Å²) in [7, 11) is 0. The average molecular weight is 218 g/mol. The smallest absolute Gasteiger partial charge is 0.113 e. The molecule has 2 atom stereocenters. The van der Waals surface area contributed by atoms with E-state index in [4.69, 9.17) is 0 Å². The Morgan fingerprint density at radius 1 is 1.19 bits per heavy atom. The standard InChI is InChI=1S/C13H15FN2/c14-9-5-6-13(15-7-9)11-8-16-12-4-2-1-3-10(11)12/h1-4,8-9,13,15-16H,5-7H2. The van der Waals surface area contributed by atoms with E-state index in [1.807, 2.05) is 18.3 Å². The number of piperidine rings is 1. The van der Waals surface area contributed by atoms with Crippen LogP contribution in [0.5, 0.6) is 0 Å². The Labute approximate surface area is 93.9 Å². The molecule has 84 valence electrons. The predicted octanol–water partition coefficient (Wildman–Crippen LogP) is 2.93. The van der Waals surface area contributed by atoms with Gasteiger partial charge in [-0.3, -0.25) is 0 Å². The Morgan fingerprint density at radius 2 is 2.06 bits per heavy atom. The lowest BCUT2D eigenvalue weighted by molar-refractivity contribution is 0.234. The molecule has 1 saturated heterocycles. The molecule has 2 nitrogen and oxygen atoms in total. The van der Waals surface area contributed by atoms with Gasteiger partial charge in [-0.1, -0.05) is 18.2 Å². The fourth-order valence-electron chi connectivity index (χ4n) is 2.47. The van der Waals surface area contributed by atoms with Crippen LogP contribution in [0.4, 0.5) is 4.39 Å². The molecule has 1 fully saturated rings. The van der Waals surface area contributed by atoms with Crippen molar-refractivity contribution in [2.24, 2.45) is 0 Å². The highest BCUT2D eigenvalue weighted by Crippen LogP contribution is 2.29. The first kappa shape index (κ1) is 9.85. The number of aromatic nitrogens is 1. The third-order valence-electron chi connectivity index (χ3n) is 3.35. The minimum absolute atomic E-state index is 0.295. The molecule has 0 saturated carbocycles. The van der Waals surface area contributed by atoms with Crippen LogP contribution in [0.3, 0.4) is 0 Å². The Kier molecular flexibility index (Phi) is 2.40. The summed E-state index contributed by atoms with van der Waals surface area (Å²) in [6.07, 6.45) is 2.91. The Balaban J connectivity index is 1.94. The van der Waals surface area contributed by atoms with Gasteiger partial charge in [0.15, 0.2) is 0 Å². The van der Waals surface area contributed by atoms with Crippen LogP contribution in [0.1, 0.15) is 24.4 Å². The molecule has 2 heterocycles. The first-order chi connectivity index (χ1) is 7.84. The molecule has 0 spiro atoms. The number of hydrogen-bond donors (Lipinski definition) is 2. The zero-order valence-corrected chi connectivity index (χ0v) is 9.04. The van der Waals surface area contributed by atoms with Crippen LogP contribution in [0.2, 0.25) is 0 Å². The van der Waals surface area contributed by atoms with Gasteiger partial charge in [0.05, 0.1) is 0 Å². The van der Waals surface area contributed by atoms with E-state index in [-0.39, 0.29) is 0 Å². The molecule has 1 aromatic heterocycles. The molecule has 0 aliphatic carbocycles. The van der Waals surface area contributed by atoms with E-state index in [0.717, 1.165) is 11.9 Å². The number of nitrogens with one attached hydrogen (secondary N) is 2. The lowest BCUT2D eigenvalue weighted by Crippen LogP contribution is -2.33. The number of H-pyrrole nitrogens is 1. The van der Waals surface area contributed by atoms with Crippen molar-refractivity contribution in [3.05, 3.63) is 36.0 Å². The van der Waals surface area contributed by atoms with E-state index in [1.54, 1.807) is 0 Å². The van der Waals surface area contributed by atoms with Crippen LogP contribution in [-0.4, -0.2) is 17.7 Å². The average Bonchev–Trinajstić information content (AvgIpc) is 2.74. The van der Waals surface area contributed by atoms with Crippen LogP contribution in [0.25, 0.3) is 10.9 Å². The van der Waals surface area contributed by atoms with E-state index in [2.05, 4.69) is 22.4 Å². The minimum atomic E-state index is -0.679. The van der Waals surface area contributed by atoms with Gasteiger partial charge in [-0.05, 0) is 24.5 Å². The van der Waals surface area contributed by atoms with Crippen LogP contribution < -0.4 is 5.32 Å². The van der Waals surface area contributed by atoms with Gasteiger partial charge >= 0.3 is 0 Å². The molecular formula is C13H15FN2. The number of aromatic amines is 1. The fourth-order valence-corrected chi connectivity index (χ4v) is 2.47. The van der Waals surface area contributed by atoms with Crippen molar-refractivity contribution in [1.29, 1.82) is 0 Å². The predicted molar refractivity (Wildman–Crippen MR) is 63.2 cm³/mol. The third-order valence-corrected chi connectivity index (χ3v) is 3.35. The summed E-state index contributed by atoms with van der Waals surface area (Å²) < 4.78 is 13.0. The molecular weight excluding hydrogens is 203 g/mol. The van der Waals surface area contributed by atoms with Crippen molar-refractivity contribution in [3.63, 3.8) is 0 Å². The normalized spacial score (nSPS) is 26.1. The van der Waals surface area contributed by atoms with Crippen molar-refractivity contribution >= 4 is 10.9 Å². The summed E-state index contributed by atoms with van der Waals surface area (Å²) in [5.41, 5.74) is 2.42. The van der Waals surface area contributed by atoms with E-state index < -0.39 is 6.17 Å². The molecule has 1 aliphatic rings. The number of para-hydroxylation sites is 1. The van der Waals surface area contributed by atoms with Crippen molar-refractivity contribution < 1.29 is 4.39 Å². The highest BCUT2D eigenvalue weighted by Gasteiger charge is 2.22. The van der Waals surface area contributed by atoms with Crippen LogP contribution >= 0.6 is 0 Å². The van der Waals surface area contributed by atoms with Crippen molar-refractivity contribution in [1.82, 2.24) is 10.3 Å². The summed E-state index contributed by atoms with van der Waals surface area (Å²) in [5, 5.41) is 4.52. The SMILES string of the molecule is FC1CCC(c2c[nH]c3ccccc23)NC1. The maximum absolute atomic E-state index is 13.0. The molecule has 2 N–H and O–H groups in total. The Bertz CT molecular complexity index is 483. The Morgan fingerprint density at radius 3 is 2.88 bits per heavy atom. The zero-order chi connectivity index (χ0) is 11.0. The van der Waals surface area contributed by atoms with E-state index in [0.29, 0.717) is 19.0 Å². The number of benzene rings is 1. The molecule has 3 heteroatoms. The maximum Gasteiger partial charge on any atom is 0.113 e. The fraction of sp³-hybridized carbons (Fsp3) is 0.385. The van der Waals surface area contributed by atoms with Crippen molar-refractivity contribution in [3.8, 4) is 0 Å². The molecule has 3 rings (SSSR count). The summed E-state index contributed by atoms with van der Waals surface area (Å²) >= 11 is 0. The second-order valence-corrected chi connectivity index (χ2v) is 4.43. The van der Waals surface area contributed by atoms with E-state index in [1.165, 1.54) is 10.9 Å². The molecule has 16 heavy (non-hydrogen) atoms. The largest absolute Gasteiger partial charge is 0.361 e.